The van der Waals surface area contributed by atoms with Crippen molar-refractivity contribution >= 4 is 11.7 Å². The number of nitrogens with two attached hydrogens (primary N) is 1. The molecule has 0 bridgehead atoms. The van der Waals surface area contributed by atoms with Crippen molar-refractivity contribution < 1.29 is 9.90 Å². The van der Waals surface area contributed by atoms with E-state index in [-0.39, 0.29) is 17.5 Å². The number of benzene rings is 3. The molecule has 5 nitrogen and oxygen atoms in total. The van der Waals surface area contributed by atoms with E-state index in [4.69, 9.17) is 5.73 Å². The molecule has 0 atom stereocenters. The normalized spacial score (nSPS) is 10.6. The highest BCUT2D eigenvalue weighted by Gasteiger charge is 2.14. The van der Waals surface area contributed by atoms with E-state index in [2.05, 4.69) is 9.97 Å². The average Bonchev–Trinajstić information content (AvgIpc) is 2.74. The van der Waals surface area contributed by atoms with E-state index in [1.807, 2.05) is 42.5 Å². The molecule has 4 aromatic rings. The van der Waals surface area contributed by atoms with Gasteiger partial charge >= 0.3 is 0 Å². The topological polar surface area (TPSA) is 89.1 Å². The Bertz CT molecular complexity index is 1140. The summed E-state index contributed by atoms with van der Waals surface area (Å²) in [4.78, 5) is 20.9. The van der Waals surface area contributed by atoms with Crippen LogP contribution in [0.5, 0.6) is 5.75 Å². The molecule has 136 valence electrons. The zero-order valence-electron chi connectivity index (χ0n) is 14.9. The van der Waals surface area contributed by atoms with Gasteiger partial charge in [0.2, 0.25) is 5.95 Å². The van der Waals surface area contributed by atoms with Gasteiger partial charge in [-0.25, -0.2) is 9.97 Å². The van der Waals surface area contributed by atoms with E-state index >= 15 is 0 Å². The van der Waals surface area contributed by atoms with Crippen molar-refractivity contribution in [2.75, 3.05) is 5.73 Å². The number of carbonyl (C=O) groups excluding carboxylic acids is 1. The van der Waals surface area contributed by atoms with Crippen LogP contribution in [0.4, 0.5) is 5.95 Å². The Morgan fingerprint density at radius 2 is 1.50 bits per heavy atom. The standard InChI is InChI=1S/C23H17N3O2/c24-23-25-13-12-20(26-23)19-14-18(10-11-21(19)27)22(28)17-8-6-16(7-9-17)15-4-2-1-3-5-15/h1-14,27H,(H2,24,25,26). The maximum atomic E-state index is 12.9. The van der Waals surface area contributed by atoms with Crippen molar-refractivity contribution in [1.82, 2.24) is 9.97 Å². The summed E-state index contributed by atoms with van der Waals surface area (Å²) in [6, 6.07) is 23.8. The lowest BCUT2D eigenvalue weighted by Crippen LogP contribution is -2.02. The molecule has 0 aliphatic heterocycles. The number of aromatic hydroxyl groups is 1. The molecule has 0 fully saturated rings. The molecule has 0 saturated heterocycles. The molecule has 5 heteroatoms. The maximum absolute atomic E-state index is 12.9. The van der Waals surface area contributed by atoms with Gasteiger partial charge in [0, 0.05) is 22.9 Å². The Labute approximate surface area is 162 Å². The Balaban J connectivity index is 1.66. The third-order valence-electron chi connectivity index (χ3n) is 4.46. The monoisotopic (exact) mass is 367 g/mol. The number of anilines is 1. The van der Waals surface area contributed by atoms with Crippen LogP contribution in [0.1, 0.15) is 15.9 Å². The average molecular weight is 367 g/mol. The smallest absolute Gasteiger partial charge is 0.220 e. The number of rotatable bonds is 4. The molecule has 4 rings (SSSR count). The SMILES string of the molecule is Nc1nccc(-c2cc(C(=O)c3ccc(-c4ccccc4)cc3)ccc2O)n1. The van der Waals surface area contributed by atoms with E-state index < -0.39 is 0 Å². The molecule has 0 saturated carbocycles. The molecule has 0 aliphatic rings. The van der Waals surface area contributed by atoms with Gasteiger partial charge in [-0.2, -0.15) is 0 Å². The van der Waals surface area contributed by atoms with Crippen molar-refractivity contribution in [1.29, 1.82) is 0 Å². The van der Waals surface area contributed by atoms with Gasteiger partial charge in [0.05, 0.1) is 5.69 Å². The van der Waals surface area contributed by atoms with E-state index in [1.165, 1.54) is 12.3 Å². The first-order valence-electron chi connectivity index (χ1n) is 8.74. The summed E-state index contributed by atoms with van der Waals surface area (Å²) in [5.74, 6) is -0.0119. The Morgan fingerprint density at radius 1 is 0.821 bits per heavy atom. The number of hydrogen-bond acceptors (Lipinski definition) is 5. The molecule has 3 aromatic carbocycles. The summed E-state index contributed by atoms with van der Waals surface area (Å²) in [6.07, 6.45) is 1.51. The zero-order chi connectivity index (χ0) is 19.5. The van der Waals surface area contributed by atoms with Gasteiger partial charge in [-0.05, 0) is 35.4 Å². The number of phenols is 1. The third-order valence-corrected chi connectivity index (χ3v) is 4.46. The van der Waals surface area contributed by atoms with Gasteiger partial charge in [0.15, 0.2) is 5.78 Å². The molecule has 0 unspecified atom stereocenters. The van der Waals surface area contributed by atoms with Crippen LogP contribution in [0, 0.1) is 0 Å². The summed E-state index contributed by atoms with van der Waals surface area (Å²) in [5.41, 5.74) is 9.67. The highest BCUT2D eigenvalue weighted by molar-refractivity contribution is 6.09. The van der Waals surface area contributed by atoms with Gasteiger partial charge in [-0.3, -0.25) is 4.79 Å². The van der Waals surface area contributed by atoms with Crippen LogP contribution in [0.3, 0.4) is 0 Å². The van der Waals surface area contributed by atoms with Crippen molar-refractivity contribution in [2.24, 2.45) is 0 Å². The maximum Gasteiger partial charge on any atom is 0.220 e. The van der Waals surface area contributed by atoms with Crippen LogP contribution in [-0.2, 0) is 0 Å². The van der Waals surface area contributed by atoms with E-state index in [9.17, 15) is 9.90 Å². The number of nitrogen functional groups attached to an aromatic ring is 1. The zero-order valence-corrected chi connectivity index (χ0v) is 14.9. The quantitative estimate of drug-likeness (QED) is 0.524. The summed E-state index contributed by atoms with van der Waals surface area (Å²) in [7, 11) is 0. The first-order valence-corrected chi connectivity index (χ1v) is 8.74. The number of aromatic nitrogens is 2. The van der Waals surface area contributed by atoms with Crippen LogP contribution in [0.2, 0.25) is 0 Å². The molecule has 3 N–H and O–H groups in total. The van der Waals surface area contributed by atoms with Crippen LogP contribution >= 0.6 is 0 Å². The third kappa shape index (κ3) is 3.46. The largest absolute Gasteiger partial charge is 0.507 e. The Kier molecular flexibility index (Phi) is 4.56. The summed E-state index contributed by atoms with van der Waals surface area (Å²) in [5, 5.41) is 10.2. The lowest BCUT2D eigenvalue weighted by molar-refractivity contribution is 0.103. The van der Waals surface area contributed by atoms with E-state index in [0.717, 1.165) is 11.1 Å². The minimum Gasteiger partial charge on any atom is -0.507 e. The van der Waals surface area contributed by atoms with Gasteiger partial charge in [0.1, 0.15) is 5.75 Å². The number of phenolic OH excluding ortho intramolecular Hbond substituents is 1. The van der Waals surface area contributed by atoms with E-state index in [1.54, 1.807) is 30.3 Å². The highest BCUT2D eigenvalue weighted by atomic mass is 16.3. The fraction of sp³-hybridized carbons (Fsp3) is 0. The number of hydrogen-bond donors (Lipinski definition) is 2. The first-order chi connectivity index (χ1) is 13.6. The molecule has 0 spiro atoms. The highest BCUT2D eigenvalue weighted by Crippen LogP contribution is 2.30. The minimum atomic E-state index is -0.136. The molecule has 28 heavy (non-hydrogen) atoms. The molecule has 0 amide bonds. The van der Waals surface area contributed by atoms with Crippen molar-refractivity contribution in [3.05, 3.63) is 96.2 Å². The predicted molar refractivity (Wildman–Crippen MR) is 109 cm³/mol. The molecule has 0 aliphatic carbocycles. The second-order valence-electron chi connectivity index (χ2n) is 6.30. The fourth-order valence-corrected chi connectivity index (χ4v) is 3.02. The molecule has 1 heterocycles. The molecular formula is C23H17N3O2. The predicted octanol–water partition coefficient (Wildman–Crippen LogP) is 4.33. The van der Waals surface area contributed by atoms with Crippen LogP contribution in [-0.4, -0.2) is 20.9 Å². The van der Waals surface area contributed by atoms with Crippen molar-refractivity contribution in [3.8, 4) is 28.1 Å². The van der Waals surface area contributed by atoms with Crippen molar-refractivity contribution in [2.45, 2.75) is 0 Å². The van der Waals surface area contributed by atoms with Crippen LogP contribution in [0.25, 0.3) is 22.4 Å². The fourth-order valence-electron chi connectivity index (χ4n) is 3.02. The lowest BCUT2D eigenvalue weighted by Gasteiger charge is -2.08. The van der Waals surface area contributed by atoms with E-state index in [0.29, 0.717) is 22.4 Å². The molecule has 0 radical (unpaired) electrons. The Hall–Kier alpha value is -3.99. The summed E-state index contributed by atoms with van der Waals surface area (Å²) < 4.78 is 0. The van der Waals surface area contributed by atoms with Crippen molar-refractivity contribution in [3.63, 3.8) is 0 Å². The van der Waals surface area contributed by atoms with Gasteiger partial charge in [-0.15, -0.1) is 0 Å². The molecular weight excluding hydrogens is 350 g/mol. The van der Waals surface area contributed by atoms with Crippen LogP contribution in [0.15, 0.2) is 85.1 Å². The van der Waals surface area contributed by atoms with Gasteiger partial charge in [-0.1, -0.05) is 54.6 Å². The van der Waals surface area contributed by atoms with Gasteiger partial charge in [0.25, 0.3) is 0 Å². The minimum absolute atomic E-state index is 0.0223. The number of carbonyl (C=O) groups is 1. The summed E-state index contributed by atoms with van der Waals surface area (Å²) >= 11 is 0. The lowest BCUT2D eigenvalue weighted by atomic mass is 9.97. The number of nitrogens with zero attached hydrogens (tertiary/aromatic N) is 2. The number of ketones is 1. The molecule has 1 aromatic heterocycles. The van der Waals surface area contributed by atoms with Crippen LogP contribution < -0.4 is 5.73 Å². The second-order valence-corrected chi connectivity index (χ2v) is 6.30. The Morgan fingerprint density at radius 3 is 2.21 bits per heavy atom. The summed E-state index contributed by atoms with van der Waals surface area (Å²) in [6.45, 7) is 0. The first kappa shape index (κ1) is 17.4. The second kappa shape index (κ2) is 7.32. The van der Waals surface area contributed by atoms with Gasteiger partial charge < -0.3 is 10.8 Å².